The van der Waals surface area contributed by atoms with E-state index >= 15 is 0 Å². The van der Waals surface area contributed by atoms with Gasteiger partial charge in [0.2, 0.25) is 0 Å². The molecule has 0 amide bonds. The van der Waals surface area contributed by atoms with Crippen molar-refractivity contribution in [1.29, 1.82) is 0 Å². The molecule has 0 unspecified atom stereocenters. The van der Waals surface area contributed by atoms with Crippen LogP contribution in [0.15, 0.2) is 5.16 Å². The number of aliphatic hydroxyl groups excluding tert-OH is 1. The van der Waals surface area contributed by atoms with E-state index in [0.29, 0.717) is 5.92 Å². The van der Waals surface area contributed by atoms with Crippen molar-refractivity contribution in [2.75, 3.05) is 6.61 Å². The first-order valence-electron chi connectivity index (χ1n) is 3.51. The fraction of sp³-hybridized carbons (Fsp3) is 0.857. The highest BCUT2D eigenvalue weighted by Crippen LogP contribution is 2.57. The van der Waals surface area contributed by atoms with Crippen molar-refractivity contribution >= 4 is 5.71 Å². The SMILES string of the molecule is CC1(C)[C@@H]2C(CO)=NO[C@@H]21. The Morgan fingerprint density at radius 3 is 2.70 bits per heavy atom. The molecular formula is C7H11NO2. The molecule has 56 valence electrons. The molecule has 0 bridgehead atoms. The smallest absolute Gasteiger partial charge is 0.142 e. The van der Waals surface area contributed by atoms with Crippen LogP contribution in [0.25, 0.3) is 0 Å². The Morgan fingerprint density at radius 1 is 1.70 bits per heavy atom. The van der Waals surface area contributed by atoms with E-state index in [1.807, 2.05) is 0 Å². The molecule has 1 aliphatic carbocycles. The Morgan fingerprint density at radius 2 is 2.40 bits per heavy atom. The van der Waals surface area contributed by atoms with Crippen LogP contribution >= 0.6 is 0 Å². The monoisotopic (exact) mass is 141 g/mol. The predicted octanol–water partition coefficient (Wildman–Crippen LogP) is 0.390. The van der Waals surface area contributed by atoms with Crippen LogP contribution in [0.3, 0.4) is 0 Å². The second-order valence-electron chi connectivity index (χ2n) is 3.57. The zero-order valence-corrected chi connectivity index (χ0v) is 6.16. The minimum Gasteiger partial charge on any atom is -0.391 e. The van der Waals surface area contributed by atoms with E-state index in [0.717, 1.165) is 5.71 Å². The summed E-state index contributed by atoms with van der Waals surface area (Å²) in [4.78, 5) is 5.07. The molecule has 1 aliphatic heterocycles. The lowest BCUT2D eigenvalue weighted by Gasteiger charge is -2.04. The molecule has 0 aromatic rings. The molecule has 0 saturated heterocycles. The zero-order chi connectivity index (χ0) is 7.35. The molecule has 0 aromatic carbocycles. The van der Waals surface area contributed by atoms with Gasteiger partial charge < -0.3 is 9.94 Å². The number of hydrogen-bond donors (Lipinski definition) is 1. The average Bonchev–Trinajstić information content (AvgIpc) is 2.28. The van der Waals surface area contributed by atoms with Gasteiger partial charge in [-0.05, 0) is 0 Å². The number of oxime groups is 1. The Labute approximate surface area is 59.7 Å². The van der Waals surface area contributed by atoms with Crippen molar-refractivity contribution < 1.29 is 9.94 Å². The van der Waals surface area contributed by atoms with Crippen LogP contribution in [0.4, 0.5) is 0 Å². The van der Waals surface area contributed by atoms with Gasteiger partial charge in [-0.15, -0.1) is 0 Å². The maximum absolute atomic E-state index is 8.78. The first-order valence-corrected chi connectivity index (χ1v) is 3.51. The molecule has 10 heavy (non-hydrogen) atoms. The van der Waals surface area contributed by atoms with Gasteiger partial charge in [0.05, 0.1) is 18.2 Å². The van der Waals surface area contributed by atoms with Crippen LogP contribution in [0.5, 0.6) is 0 Å². The Balaban J connectivity index is 2.17. The highest BCUT2D eigenvalue weighted by molar-refractivity contribution is 5.92. The van der Waals surface area contributed by atoms with E-state index in [1.165, 1.54) is 0 Å². The predicted molar refractivity (Wildman–Crippen MR) is 36.7 cm³/mol. The van der Waals surface area contributed by atoms with Crippen molar-refractivity contribution in [3.63, 3.8) is 0 Å². The van der Waals surface area contributed by atoms with Gasteiger partial charge in [0.25, 0.3) is 0 Å². The largest absolute Gasteiger partial charge is 0.391 e. The molecule has 2 rings (SSSR count). The van der Waals surface area contributed by atoms with Crippen LogP contribution in [-0.2, 0) is 4.84 Å². The molecular weight excluding hydrogens is 130 g/mol. The molecule has 0 aromatic heterocycles. The quantitative estimate of drug-likeness (QED) is 0.574. The molecule has 2 aliphatic rings. The highest BCUT2D eigenvalue weighted by atomic mass is 16.7. The van der Waals surface area contributed by atoms with E-state index in [9.17, 15) is 0 Å². The number of aliphatic hydroxyl groups is 1. The van der Waals surface area contributed by atoms with E-state index in [-0.39, 0.29) is 18.1 Å². The van der Waals surface area contributed by atoms with Crippen LogP contribution in [0.1, 0.15) is 13.8 Å². The first-order chi connectivity index (χ1) is 4.68. The number of fused-ring (bicyclic) bond motifs is 1. The first kappa shape index (κ1) is 6.16. The Bertz CT molecular complexity index is 198. The van der Waals surface area contributed by atoms with Gasteiger partial charge in [-0.3, -0.25) is 0 Å². The molecule has 3 nitrogen and oxygen atoms in total. The molecule has 2 atom stereocenters. The molecule has 1 N–H and O–H groups in total. The normalized spacial score (nSPS) is 40.1. The summed E-state index contributed by atoms with van der Waals surface area (Å²) in [7, 11) is 0. The standard InChI is InChI=1S/C7H11NO2/c1-7(2)5-4(3-9)8-10-6(5)7/h5-6,9H,3H2,1-2H3/t5-,6+/m1/s1. The molecule has 1 heterocycles. The summed E-state index contributed by atoms with van der Waals surface area (Å²) in [5, 5.41) is 12.5. The fourth-order valence-electron chi connectivity index (χ4n) is 1.70. The lowest BCUT2D eigenvalue weighted by Crippen LogP contribution is -2.10. The second-order valence-corrected chi connectivity index (χ2v) is 3.57. The van der Waals surface area contributed by atoms with Crippen molar-refractivity contribution in [3.8, 4) is 0 Å². The van der Waals surface area contributed by atoms with Gasteiger partial charge in [-0.2, -0.15) is 0 Å². The average molecular weight is 141 g/mol. The fourth-order valence-corrected chi connectivity index (χ4v) is 1.70. The summed E-state index contributed by atoms with van der Waals surface area (Å²) in [6.07, 6.45) is 0.245. The third-order valence-electron chi connectivity index (χ3n) is 2.53. The van der Waals surface area contributed by atoms with E-state index < -0.39 is 0 Å². The van der Waals surface area contributed by atoms with Crippen molar-refractivity contribution in [3.05, 3.63) is 0 Å². The van der Waals surface area contributed by atoms with Crippen LogP contribution in [-0.4, -0.2) is 23.5 Å². The van der Waals surface area contributed by atoms with Gasteiger partial charge >= 0.3 is 0 Å². The summed E-state index contributed by atoms with van der Waals surface area (Å²) in [5.41, 5.74) is 1.04. The van der Waals surface area contributed by atoms with Gasteiger partial charge in [0.1, 0.15) is 6.10 Å². The second kappa shape index (κ2) is 1.53. The van der Waals surface area contributed by atoms with Gasteiger partial charge in [0.15, 0.2) is 0 Å². The van der Waals surface area contributed by atoms with Crippen molar-refractivity contribution in [2.24, 2.45) is 16.5 Å². The van der Waals surface area contributed by atoms with Gasteiger partial charge in [-0.1, -0.05) is 19.0 Å². The van der Waals surface area contributed by atoms with Crippen LogP contribution < -0.4 is 0 Å². The third-order valence-corrected chi connectivity index (χ3v) is 2.53. The Hall–Kier alpha value is -0.570. The van der Waals surface area contributed by atoms with E-state index in [2.05, 4.69) is 19.0 Å². The van der Waals surface area contributed by atoms with Crippen LogP contribution in [0.2, 0.25) is 0 Å². The molecule has 3 heteroatoms. The van der Waals surface area contributed by atoms with Gasteiger partial charge in [0, 0.05) is 5.41 Å². The summed E-state index contributed by atoms with van der Waals surface area (Å²) < 4.78 is 0. The van der Waals surface area contributed by atoms with E-state index in [1.54, 1.807) is 0 Å². The molecule has 1 saturated carbocycles. The zero-order valence-electron chi connectivity index (χ0n) is 6.16. The third kappa shape index (κ3) is 0.515. The number of hydrogen-bond acceptors (Lipinski definition) is 3. The lowest BCUT2D eigenvalue weighted by atomic mass is 10.1. The summed E-state index contributed by atoms with van der Waals surface area (Å²) in [6.45, 7) is 4.31. The lowest BCUT2D eigenvalue weighted by molar-refractivity contribution is 0.111. The summed E-state index contributed by atoms with van der Waals surface area (Å²) in [6, 6.07) is 0. The molecule has 1 fully saturated rings. The topological polar surface area (TPSA) is 41.8 Å². The minimum atomic E-state index is 0.0462. The van der Waals surface area contributed by atoms with Crippen molar-refractivity contribution in [1.82, 2.24) is 0 Å². The maximum atomic E-state index is 8.78. The highest BCUT2D eigenvalue weighted by Gasteiger charge is 2.66. The molecule has 0 radical (unpaired) electrons. The maximum Gasteiger partial charge on any atom is 0.142 e. The Kier molecular flexibility index (Phi) is 0.944. The van der Waals surface area contributed by atoms with Crippen molar-refractivity contribution in [2.45, 2.75) is 20.0 Å². The molecule has 0 spiro atoms. The summed E-state index contributed by atoms with van der Waals surface area (Å²) >= 11 is 0. The number of rotatable bonds is 1. The van der Waals surface area contributed by atoms with Gasteiger partial charge in [-0.25, -0.2) is 0 Å². The minimum absolute atomic E-state index is 0.0462. The number of nitrogens with zero attached hydrogens (tertiary/aromatic N) is 1. The summed E-state index contributed by atoms with van der Waals surface area (Å²) in [5.74, 6) is 0.387. The van der Waals surface area contributed by atoms with Crippen LogP contribution in [0, 0.1) is 11.3 Å². The van der Waals surface area contributed by atoms with E-state index in [4.69, 9.17) is 9.94 Å².